The van der Waals surface area contributed by atoms with Crippen molar-refractivity contribution >= 4 is 44.0 Å². The molecule has 2 rings (SSSR count). The van der Waals surface area contributed by atoms with Crippen molar-refractivity contribution in [3.8, 4) is 0 Å². The average molecular weight is 228 g/mol. The minimum Gasteiger partial charge on any atom is -0.478 e. The maximum absolute atomic E-state index is 10.8. The van der Waals surface area contributed by atoms with Crippen molar-refractivity contribution in [3.05, 3.63) is 21.9 Å². The molecule has 0 unspecified atom stereocenters. The smallest absolute Gasteiger partial charge is 0.337 e. The zero-order chi connectivity index (χ0) is 10.3. The molecule has 0 aliphatic carbocycles. The molecular formula is C8H4O4S2. The topological polar surface area (TPSA) is 74.6 Å². The number of thiophene rings is 2. The van der Waals surface area contributed by atoms with Crippen molar-refractivity contribution in [1.82, 2.24) is 0 Å². The summed E-state index contributed by atoms with van der Waals surface area (Å²) in [7, 11) is 0. The summed E-state index contributed by atoms with van der Waals surface area (Å²) < 4.78 is 0.736. The fraction of sp³-hybridized carbons (Fsp3) is 0. The predicted octanol–water partition coefficient (Wildman–Crippen LogP) is 2.36. The first-order valence-corrected chi connectivity index (χ1v) is 5.32. The van der Waals surface area contributed by atoms with Gasteiger partial charge in [0, 0.05) is 16.1 Å². The predicted molar refractivity (Wildman–Crippen MR) is 53.6 cm³/mol. The fourth-order valence-corrected chi connectivity index (χ4v) is 3.24. The van der Waals surface area contributed by atoms with Crippen molar-refractivity contribution in [3.63, 3.8) is 0 Å². The number of aromatic carboxylic acids is 2. The number of hydrogen-bond acceptors (Lipinski definition) is 4. The molecule has 0 atom stereocenters. The molecule has 72 valence electrons. The standard InChI is InChI=1S/C8H4O4S2/c9-6(10)3-1-13-8-5(3)4(2-14-8)7(11)12/h1-2H,(H,9,10)(H,11,12). The second-order valence-electron chi connectivity index (χ2n) is 2.57. The Morgan fingerprint density at radius 1 is 1.00 bits per heavy atom. The van der Waals surface area contributed by atoms with Gasteiger partial charge in [0.2, 0.25) is 0 Å². The third-order valence-electron chi connectivity index (χ3n) is 1.77. The zero-order valence-electron chi connectivity index (χ0n) is 6.68. The number of carboxylic acids is 2. The van der Waals surface area contributed by atoms with E-state index in [1.54, 1.807) is 0 Å². The Labute approximate surface area is 86.0 Å². The van der Waals surface area contributed by atoms with Crippen molar-refractivity contribution in [1.29, 1.82) is 0 Å². The lowest BCUT2D eigenvalue weighted by Crippen LogP contribution is -1.98. The molecule has 2 aromatic rings. The van der Waals surface area contributed by atoms with Crippen LogP contribution in [0.15, 0.2) is 10.8 Å². The molecule has 4 nitrogen and oxygen atoms in total. The van der Waals surface area contributed by atoms with E-state index in [0.717, 1.165) is 4.01 Å². The Morgan fingerprint density at radius 3 is 1.79 bits per heavy atom. The van der Waals surface area contributed by atoms with Crippen molar-refractivity contribution < 1.29 is 19.8 Å². The minimum atomic E-state index is -1.09. The van der Waals surface area contributed by atoms with E-state index in [4.69, 9.17) is 10.2 Å². The van der Waals surface area contributed by atoms with Crippen molar-refractivity contribution in [2.75, 3.05) is 0 Å². The van der Waals surface area contributed by atoms with E-state index in [1.165, 1.54) is 33.4 Å². The van der Waals surface area contributed by atoms with Gasteiger partial charge in [-0.25, -0.2) is 9.59 Å². The Balaban J connectivity index is 2.80. The van der Waals surface area contributed by atoms with Crippen LogP contribution >= 0.6 is 22.7 Å². The summed E-state index contributed by atoms with van der Waals surface area (Å²) in [6, 6.07) is 0. The largest absolute Gasteiger partial charge is 0.478 e. The van der Waals surface area contributed by atoms with Crippen LogP contribution in [-0.4, -0.2) is 22.2 Å². The van der Waals surface area contributed by atoms with Crippen LogP contribution in [-0.2, 0) is 0 Å². The molecule has 14 heavy (non-hydrogen) atoms. The van der Waals surface area contributed by atoms with Crippen molar-refractivity contribution in [2.24, 2.45) is 0 Å². The monoisotopic (exact) mass is 228 g/mol. The number of hydrogen-bond donors (Lipinski definition) is 2. The van der Waals surface area contributed by atoms with Crippen LogP contribution in [0.5, 0.6) is 0 Å². The summed E-state index contributed by atoms with van der Waals surface area (Å²) in [6.45, 7) is 0. The highest BCUT2D eigenvalue weighted by molar-refractivity contribution is 7.37. The summed E-state index contributed by atoms with van der Waals surface area (Å²) in [5.74, 6) is -2.17. The van der Waals surface area contributed by atoms with Gasteiger partial charge in [-0.15, -0.1) is 22.7 Å². The molecule has 6 heteroatoms. The summed E-state index contributed by atoms with van der Waals surface area (Å²) in [6.07, 6.45) is 0. The highest BCUT2D eigenvalue weighted by atomic mass is 32.2. The number of carboxylic acid groups (broad SMARTS) is 2. The van der Waals surface area contributed by atoms with Crippen LogP contribution in [0.4, 0.5) is 0 Å². The summed E-state index contributed by atoms with van der Waals surface area (Å²) in [5, 5.41) is 20.9. The Kier molecular flexibility index (Phi) is 2.01. The van der Waals surface area contributed by atoms with Crippen LogP contribution in [0.2, 0.25) is 0 Å². The first-order valence-electron chi connectivity index (χ1n) is 3.56. The average Bonchev–Trinajstić information content (AvgIpc) is 2.59. The normalized spacial score (nSPS) is 10.6. The van der Waals surface area contributed by atoms with Gasteiger partial charge in [-0.1, -0.05) is 0 Å². The van der Waals surface area contributed by atoms with Gasteiger partial charge in [0.25, 0.3) is 0 Å². The molecule has 0 aliphatic heterocycles. The first-order chi connectivity index (χ1) is 6.61. The zero-order valence-corrected chi connectivity index (χ0v) is 8.32. The van der Waals surface area contributed by atoms with Gasteiger partial charge >= 0.3 is 11.9 Å². The van der Waals surface area contributed by atoms with Crippen molar-refractivity contribution in [2.45, 2.75) is 0 Å². The number of carbonyl (C=O) groups is 2. The molecule has 0 spiro atoms. The molecule has 2 aromatic heterocycles. The van der Waals surface area contributed by atoms with Gasteiger partial charge in [0.05, 0.1) is 15.1 Å². The van der Waals surface area contributed by atoms with E-state index in [2.05, 4.69) is 0 Å². The van der Waals surface area contributed by atoms with Gasteiger partial charge in [0.1, 0.15) is 0 Å². The van der Waals surface area contributed by atoms with Gasteiger partial charge in [-0.3, -0.25) is 0 Å². The molecular weight excluding hydrogens is 224 g/mol. The Hall–Kier alpha value is -1.40. The molecule has 0 aliphatic rings. The number of fused-ring (bicyclic) bond motifs is 1. The molecule has 0 radical (unpaired) electrons. The first kappa shape index (κ1) is 9.17. The number of rotatable bonds is 2. The van der Waals surface area contributed by atoms with E-state index >= 15 is 0 Å². The van der Waals surface area contributed by atoms with Crippen LogP contribution in [0.25, 0.3) is 9.40 Å². The van der Waals surface area contributed by atoms with E-state index < -0.39 is 11.9 Å². The van der Waals surface area contributed by atoms with E-state index in [-0.39, 0.29) is 11.1 Å². The molecule has 0 aromatic carbocycles. The minimum absolute atomic E-state index is 0.0728. The van der Waals surface area contributed by atoms with E-state index in [0.29, 0.717) is 5.39 Å². The lowest BCUT2D eigenvalue weighted by molar-refractivity contribution is 0.0695. The quantitative estimate of drug-likeness (QED) is 0.827. The molecule has 0 fully saturated rings. The van der Waals surface area contributed by atoms with Gasteiger partial charge in [-0.2, -0.15) is 0 Å². The maximum Gasteiger partial charge on any atom is 0.337 e. The fourth-order valence-electron chi connectivity index (χ4n) is 1.17. The van der Waals surface area contributed by atoms with E-state index in [9.17, 15) is 9.59 Å². The third kappa shape index (κ3) is 1.19. The van der Waals surface area contributed by atoms with Crippen LogP contribution in [0, 0.1) is 0 Å². The molecule has 0 bridgehead atoms. The summed E-state index contributed by atoms with van der Waals surface area (Å²) in [5.41, 5.74) is 0.146. The van der Waals surface area contributed by atoms with Gasteiger partial charge in [-0.05, 0) is 0 Å². The Bertz CT molecular complexity index is 479. The SMILES string of the molecule is O=C(O)c1csc2scc(C(=O)O)c12. The summed E-state index contributed by atoms with van der Waals surface area (Å²) >= 11 is 2.51. The lowest BCUT2D eigenvalue weighted by Gasteiger charge is -1.90. The van der Waals surface area contributed by atoms with Crippen LogP contribution in [0.1, 0.15) is 20.7 Å². The molecule has 0 saturated heterocycles. The van der Waals surface area contributed by atoms with Gasteiger partial charge < -0.3 is 10.2 Å². The van der Waals surface area contributed by atoms with E-state index in [1.807, 2.05) is 0 Å². The maximum atomic E-state index is 10.8. The third-order valence-corrected chi connectivity index (χ3v) is 3.89. The Morgan fingerprint density at radius 2 is 1.43 bits per heavy atom. The van der Waals surface area contributed by atoms with Crippen LogP contribution < -0.4 is 0 Å². The molecule has 0 amide bonds. The van der Waals surface area contributed by atoms with Gasteiger partial charge in [0.15, 0.2) is 0 Å². The highest BCUT2D eigenvalue weighted by Gasteiger charge is 2.19. The highest BCUT2D eigenvalue weighted by Crippen LogP contribution is 2.34. The summed E-state index contributed by atoms with van der Waals surface area (Å²) in [4.78, 5) is 21.5. The molecule has 2 N–H and O–H groups in total. The second kappa shape index (κ2) is 3.07. The lowest BCUT2D eigenvalue weighted by atomic mass is 10.1. The molecule has 2 heterocycles. The second-order valence-corrected chi connectivity index (χ2v) is 4.59. The molecule has 0 saturated carbocycles. The van der Waals surface area contributed by atoms with Crippen LogP contribution in [0.3, 0.4) is 0 Å².